The third-order valence-electron chi connectivity index (χ3n) is 9.79. The number of hydrogen-bond acceptors (Lipinski definition) is 7. The van der Waals surface area contributed by atoms with Gasteiger partial charge in [-0.05, 0) is 44.9 Å². The Kier molecular flexibility index (Phi) is 35.8. The van der Waals surface area contributed by atoms with Crippen molar-refractivity contribution in [3.63, 3.8) is 0 Å². The van der Waals surface area contributed by atoms with Crippen LogP contribution in [0.2, 0.25) is 0 Å². The molecule has 8 heteroatoms. The quantitative estimate of drug-likeness (QED) is 0.0266. The Bertz CT molecular complexity index is 984. The highest BCUT2D eigenvalue weighted by atomic mass is 16.6. The van der Waals surface area contributed by atoms with Gasteiger partial charge in [0.15, 0.2) is 6.10 Å². The highest BCUT2D eigenvalue weighted by Gasteiger charge is 2.25. The van der Waals surface area contributed by atoms with Crippen molar-refractivity contribution in [3.05, 3.63) is 36.5 Å². The molecule has 0 aromatic rings. The van der Waals surface area contributed by atoms with Crippen LogP contribution in [0.25, 0.3) is 0 Å². The van der Waals surface area contributed by atoms with Gasteiger partial charge in [-0.15, -0.1) is 0 Å². The molecule has 2 unspecified atom stereocenters. The van der Waals surface area contributed by atoms with Gasteiger partial charge in [0.25, 0.3) is 0 Å². The predicted molar refractivity (Wildman–Crippen MR) is 222 cm³/mol. The normalized spacial score (nSPS) is 13.3. The number of aliphatic carboxylic acids is 1. The molecule has 0 heterocycles. The summed E-state index contributed by atoms with van der Waals surface area (Å²) in [5.74, 6) is -1.76. The Labute approximate surface area is 332 Å². The number of carboxylic acids is 1. The average Bonchev–Trinajstić information content (AvgIpc) is 3.12. The zero-order chi connectivity index (χ0) is 40.0. The first kappa shape index (κ1) is 51.5. The monoisotopic (exact) mass is 762 g/mol. The maximum absolute atomic E-state index is 12.7. The molecule has 8 nitrogen and oxygen atoms in total. The molecule has 0 saturated heterocycles. The van der Waals surface area contributed by atoms with E-state index in [-0.39, 0.29) is 42.7 Å². The summed E-state index contributed by atoms with van der Waals surface area (Å²) in [7, 11) is 5.40. The lowest BCUT2D eigenvalue weighted by atomic mass is 10.0. The number of esters is 2. The van der Waals surface area contributed by atoms with Crippen molar-refractivity contribution < 1.29 is 38.2 Å². The largest absolute Gasteiger partial charge is 0.544 e. The number of quaternary nitrogens is 1. The lowest BCUT2D eigenvalue weighted by Crippen LogP contribution is -2.55. The van der Waals surface area contributed by atoms with Gasteiger partial charge in [-0.1, -0.05) is 159 Å². The molecule has 54 heavy (non-hydrogen) atoms. The van der Waals surface area contributed by atoms with Crippen LogP contribution in [0.15, 0.2) is 36.5 Å². The molecule has 0 aliphatic heterocycles. The summed E-state index contributed by atoms with van der Waals surface area (Å²) in [4.78, 5) is 36.8. The standard InChI is InChI=1S/C46H83NO7/c1-6-8-10-12-14-16-18-20-22-23-25-26-28-30-32-34-36-44(48)53-41-42(40-52-39-38-43(46(50)51)47(3,4)5)54-45(49)37-35-33-31-29-27-24-21-19-17-15-13-11-9-7-2/h9,11,15,17,21,24,42-43H,6-8,10,12-14,16,18-20,22-23,25-41H2,1-5H3/b11-9+,17-15+,24-21+. The minimum absolute atomic E-state index is 0.0337. The van der Waals surface area contributed by atoms with Gasteiger partial charge in [-0.2, -0.15) is 0 Å². The molecule has 314 valence electrons. The lowest BCUT2D eigenvalue weighted by molar-refractivity contribution is -0.889. The van der Waals surface area contributed by atoms with E-state index < -0.39 is 18.1 Å². The van der Waals surface area contributed by atoms with Gasteiger partial charge in [-0.25, -0.2) is 0 Å². The highest BCUT2D eigenvalue weighted by molar-refractivity contribution is 5.70. The van der Waals surface area contributed by atoms with E-state index in [1.807, 2.05) is 0 Å². The molecular formula is C46H83NO7. The smallest absolute Gasteiger partial charge is 0.306 e. The van der Waals surface area contributed by atoms with Crippen LogP contribution in [0, 0.1) is 0 Å². The Hall–Kier alpha value is -2.45. The van der Waals surface area contributed by atoms with Gasteiger partial charge in [0.1, 0.15) is 12.6 Å². The molecule has 0 aromatic carbocycles. The van der Waals surface area contributed by atoms with Crippen LogP contribution >= 0.6 is 0 Å². The molecule has 0 radical (unpaired) electrons. The summed E-state index contributed by atoms with van der Waals surface area (Å²) in [6.45, 7) is 4.53. The summed E-state index contributed by atoms with van der Waals surface area (Å²) in [5, 5.41) is 11.6. The Morgan fingerprint density at radius 2 is 1.04 bits per heavy atom. The number of nitrogens with zero attached hydrogens (tertiary/aromatic N) is 1. The number of ether oxygens (including phenoxy) is 3. The third kappa shape index (κ3) is 35.3. The van der Waals surface area contributed by atoms with Gasteiger partial charge in [0.05, 0.1) is 40.3 Å². The topological polar surface area (TPSA) is 102 Å². The van der Waals surface area contributed by atoms with Crippen molar-refractivity contribution in [2.45, 2.75) is 199 Å². The molecule has 0 fully saturated rings. The second-order valence-electron chi connectivity index (χ2n) is 15.9. The summed E-state index contributed by atoms with van der Waals surface area (Å²) in [6.07, 6.45) is 41.7. The maximum Gasteiger partial charge on any atom is 0.306 e. The molecule has 0 aliphatic carbocycles. The molecule has 0 N–H and O–H groups in total. The van der Waals surface area contributed by atoms with Gasteiger partial charge in [-0.3, -0.25) is 9.59 Å². The second kappa shape index (κ2) is 37.5. The first-order valence-electron chi connectivity index (χ1n) is 22.0. The number of likely N-dealkylation sites (N-methyl/N-ethyl adjacent to an activating group) is 1. The fourth-order valence-corrected chi connectivity index (χ4v) is 6.38. The van der Waals surface area contributed by atoms with E-state index in [4.69, 9.17) is 14.2 Å². The summed E-state index contributed by atoms with van der Waals surface area (Å²) < 4.78 is 17.1. The van der Waals surface area contributed by atoms with Gasteiger partial charge in [0.2, 0.25) is 0 Å². The lowest BCUT2D eigenvalue weighted by Gasteiger charge is -2.34. The fourth-order valence-electron chi connectivity index (χ4n) is 6.38. The number of allylic oxidation sites excluding steroid dienone is 6. The average molecular weight is 762 g/mol. The van der Waals surface area contributed by atoms with Crippen LogP contribution in [0.5, 0.6) is 0 Å². The van der Waals surface area contributed by atoms with Gasteiger partial charge >= 0.3 is 11.9 Å². The number of carbonyl (C=O) groups excluding carboxylic acids is 3. The van der Waals surface area contributed by atoms with Crippen molar-refractivity contribution >= 4 is 17.9 Å². The SMILES string of the molecule is CC/C=C/C/C=C/C/C=C/CCCCCCC(=O)OC(COCCC(C(=O)[O-])[N+](C)(C)C)COC(=O)CCCCCCCCCCCCCCCCCC. The maximum atomic E-state index is 12.7. The Morgan fingerprint density at radius 3 is 1.54 bits per heavy atom. The van der Waals surface area contributed by atoms with E-state index in [1.54, 1.807) is 21.1 Å². The van der Waals surface area contributed by atoms with E-state index in [2.05, 4.69) is 50.3 Å². The molecule has 2 atom stereocenters. The van der Waals surface area contributed by atoms with E-state index in [0.717, 1.165) is 70.6 Å². The van der Waals surface area contributed by atoms with Crippen molar-refractivity contribution in [1.29, 1.82) is 0 Å². The summed E-state index contributed by atoms with van der Waals surface area (Å²) in [5.41, 5.74) is 0. The number of rotatable bonds is 39. The molecule has 0 amide bonds. The third-order valence-corrected chi connectivity index (χ3v) is 9.79. The van der Waals surface area contributed by atoms with Crippen LogP contribution in [0.1, 0.15) is 187 Å². The van der Waals surface area contributed by atoms with Crippen LogP contribution in [-0.4, -0.2) is 75.5 Å². The molecule has 0 spiro atoms. The van der Waals surface area contributed by atoms with Crippen LogP contribution < -0.4 is 5.11 Å². The zero-order valence-corrected chi connectivity index (χ0v) is 35.6. The molecule has 0 aromatic heterocycles. The number of unbranched alkanes of at least 4 members (excludes halogenated alkanes) is 19. The first-order chi connectivity index (χ1) is 26.1. The minimum Gasteiger partial charge on any atom is -0.544 e. The van der Waals surface area contributed by atoms with E-state index in [1.165, 1.54) is 83.5 Å². The molecule has 0 saturated carbocycles. The van der Waals surface area contributed by atoms with Crippen LogP contribution in [-0.2, 0) is 28.6 Å². The minimum atomic E-state index is -1.13. The summed E-state index contributed by atoms with van der Waals surface area (Å²) >= 11 is 0. The summed E-state index contributed by atoms with van der Waals surface area (Å²) in [6, 6.07) is -0.728. The zero-order valence-electron chi connectivity index (χ0n) is 35.6. The van der Waals surface area contributed by atoms with Gasteiger partial charge < -0.3 is 28.6 Å². The molecule has 0 rings (SSSR count). The highest BCUT2D eigenvalue weighted by Crippen LogP contribution is 2.15. The molecule has 0 aliphatic rings. The second-order valence-corrected chi connectivity index (χ2v) is 15.9. The van der Waals surface area contributed by atoms with Crippen molar-refractivity contribution in [2.75, 3.05) is 41.0 Å². The molecule has 0 bridgehead atoms. The van der Waals surface area contributed by atoms with Crippen molar-refractivity contribution in [2.24, 2.45) is 0 Å². The number of carbonyl (C=O) groups is 3. The Morgan fingerprint density at radius 1 is 0.574 bits per heavy atom. The van der Waals surface area contributed by atoms with Crippen LogP contribution in [0.4, 0.5) is 0 Å². The predicted octanol–water partition coefficient (Wildman–Crippen LogP) is 10.5. The van der Waals surface area contributed by atoms with E-state index in [0.29, 0.717) is 12.8 Å². The van der Waals surface area contributed by atoms with Crippen LogP contribution in [0.3, 0.4) is 0 Å². The van der Waals surface area contributed by atoms with E-state index >= 15 is 0 Å². The number of hydrogen-bond donors (Lipinski definition) is 0. The molecular weight excluding hydrogens is 679 g/mol. The van der Waals surface area contributed by atoms with E-state index in [9.17, 15) is 19.5 Å². The van der Waals surface area contributed by atoms with Gasteiger partial charge in [0, 0.05) is 19.3 Å². The Balaban J connectivity index is 4.35. The fraction of sp³-hybridized carbons (Fsp3) is 0.804. The van der Waals surface area contributed by atoms with Crippen molar-refractivity contribution in [3.8, 4) is 0 Å². The van der Waals surface area contributed by atoms with Crippen molar-refractivity contribution in [1.82, 2.24) is 0 Å². The number of carboxylic acid groups (broad SMARTS) is 1. The first-order valence-corrected chi connectivity index (χ1v) is 22.0.